The summed E-state index contributed by atoms with van der Waals surface area (Å²) in [7, 11) is 3.39. The van der Waals surface area contributed by atoms with Gasteiger partial charge < -0.3 is 0 Å². The quantitative estimate of drug-likeness (QED) is 0.500. The molecule has 0 aliphatic carbocycles. The molecule has 48 valence electrons. The Bertz CT molecular complexity index is 24.0. The van der Waals surface area contributed by atoms with Crippen molar-refractivity contribution in [1.29, 1.82) is 1.28 Å². The van der Waals surface area contributed by atoms with Crippen LogP contribution in [0, 0.1) is 9.93 Å². The van der Waals surface area contributed by atoms with Crippen LogP contribution in [0.2, 0.25) is 0 Å². The van der Waals surface area contributed by atoms with E-state index >= 15 is 0 Å². The Hall–Kier alpha value is 1.54. The molecule has 0 aromatic rings. The summed E-state index contributed by atoms with van der Waals surface area (Å²) >= 11 is 2.20. The molecular formula is CH9IO2P2S. The second-order valence-electron chi connectivity index (χ2n) is 0.154. The van der Waals surface area contributed by atoms with E-state index in [2.05, 4.69) is 21.2 Å². The van der Waals surface area contributed by atoms with Gasteiger partial charge in [-0.3, -0.25) is 0 Å². The fraction of sp³-hybridized carbons (Fsp3) is 1.00. The van der Waals surface area contributed by atoms with E-state index in [1.807, 2.05) is 6.26 Å². The zero-order chi connectivity index (χ0) is 6.71. The summed E-state index contributed by atoms with van der Waals surface area (Å²) in [6.45, 7) is 0. The lowest BCUT2D eigenvalue weighted by atomic mass is 12.0. The molecule has 0 aliphatic rings. The Morgan fingerprint density at radius 1 is 1.57 bits per heavy atom. The van der Waals surface area contributed by atoms with Crippen molar-refractivity contribution in [2.45, 2.75) is 0 Å². The van der Waals surface area contributed by atoms with E-state index in [1.54, 1.807) is 18.8 Å². The van der Waals surface area contributed by atoms with Crippen molar-refractivity contribution in [2.75, 3.05) is 6.26 Å². The summed E-state index contributed by atoms with van der Waals surface area (Å²) in [6, 6.07) is 0. The lowest BCUT2D eigenvalue weighted by molar-refractivity contribution is 2.55. The molecule has 0 saturated heterocycles. The highest BCUT2D eigenvalue weighted by atomic mass is 127. The van der Waals surface area contributed by atoms with Crippen LogP contribution in [-0.2, 0) is 0 Å². The highest BCUT2D eigenvalue weighted by molar-refractivity contribution is 14.2. The van der Waals surface area contributed by atoms with Crippen LogP contribution in [0.3, 0.4) is 0 Å². The van der Waals surface area contributed by atoms with E-state index < -0.39 is 0 Å². The Labute approximate surface area is 67.3 Å². The van der Waals surface area contributed by atoms with Crippen molar-refractivity contribution < 1.29 is 0 Å². The summed E-state index contributed by atoms with van der Waals surface area (Å²) in [5.41, 5.74) is 0. The van der Waals surface area contributed by atoms with Crippen molar-refractivity contribution in [3.63, 3.8) is 0 Å². The average Bonchev–Trinajstić information content (AvgIpc) is 1.78. The van der Waals surface area contributed by atoms with Crippen LogP contribution < -0.4 is 0 Å². The topological polar surface area (TPSA) is 34.1 Å². The van der Waals surface area contributed by atoms with Gasteiger partial charge in [0, 0.05) is 9.93 Å². The predicted molar refractivity (Wildman–Crippen MR) is 56.5 cm³/mol. The van der Waals surface area contributed by atoms with Crippen LogP contribution in [0.15, 0.2) is 0 Å². The first-order valence-corrected chi connectivity index (χ1v) is 4.50. The minimum atomic E-state index is 0. The van der Waals surface area contributed by atoms with E-state index in [4.69, 9.17) is 11.2 Å². The van der Waals surface area contributed by atoms with Gasteiger partial charge in [-0.15, -0.1) is 0 Å². The summed E-state index contributed by atoms with van der Waals surface area (Å²) < 4.78 is 5.67. The fourth-order valence-corrected chi connectivity index (χ4v) is 0. The first-order valence-electron chi connectivity index (χ1n) is 1.31. The Morgan fingerprint density at radius 3 is 1.57 bits per heavy atom. The Morgan fingerprint density at radius 2 is 1.57 bits per heavy atom. The molecule has 0 amide bonds. The maximum absolute atomic E-state index is 7.00. The second kappa shape index (κ2) is 50.0. The van der Waals surface area contributed by atoms with Gasteiger partial charge in [0.15, 0.2) is 0 Å². The van der Waals surface area contributed by atoms with Crippen LogP contribution >= 0.6 is 49.9 Å². The molecule has 0 aromatic heterocycles. The van der Waals surface area contributed by atoms with E-state index in [0.29, 0.717) is 0 Å². The van der Waals surface area contributed by atoms with E-state index in [-0.39, 0.29) is 9.90 Å². The maximum Gasteiger partial charge on any atom is 0.0511 e. The second-order valence-corrected chi connectivity index (χ2v) is 3.11. The van der Waals surface area contributed by atoms with Crippen LogP contribution in [0.4, 0.5) is 0 Å². The lowest BCUT2D eigenvalue weighted by Gasteiger charge is -1.46. The summed E-state index contributed by atoms with van der Waals surface area (Å²) in [5, 5.41) is 0. The molecule has 6 heteroatoms. The molecule has 0 heterocycles. The van der Waals surface area contributed by atoms with Crippen molar-refractivity contribution in [2.24, 2.45) is 0 Å². The monoisotopic (exact) mass is 276 g/mol. The minimum absolute atomic E-state index is 0. The number of halogens is 1. The Balaban J connectivity index is -0.0000000147. The fourth-order valence-electron chi connectivity index (χ4n) is 0. The van der Waals surface area contributed by atoms with Gasteiger partial charge in [0.05, 0.1) is 1.28 Å². The maximum atomic E-state index is 7.00. The van der Waals surface area contributed by atoms with E-state index in [1.165, 1.54) is 0 Å². The molecule has 0 saturated carbocycles. The molecule has 0 aliphatic heterocycles. The van der Waals surface area contributed by atoms with E-state index in [9.17, 15) is 0 Å². The third kappa shape index (κ3) is 97.6. The van der Waals surface area contributed by atoms with Gasteiger partial charge in [0.25, 0.3) is 0 Å². The lowest BCUT2D eigenvalue weighted by Crippen LogP contribution is -1.05. The molecule has 0 radical (unpaired) electrons. The zero-order valence-corrected chi connectivity index (χ0v) is 9.43. The van der Waals surface area contributed by atoms with Crippen LogP contribution in [-0.4, -0.2) is 7.53 Å². The highest BCUT2D eigenvalue weighted by Crippen LogP contribution is 2.00. The van der Waals surface area contributed by atoms with Gasteiger partial charge in [0.2, 0.25) is 0 Å². The van der Waals surface area contributed by atoms with Crippen LogP contribution in [0.5, 0.6) is 0 Å². The minimum Gasteiger partial charge on any atom is -0.153 e. The van der Waals surface area contributed by atoms with Crippen molar-refractivity contribution in [3.05, 3.63) is 9.93 Å². The summed E-state index contributed by atoms with van der Waals surface area (Å²) in [4.78, 5) is 14.0. The van der Waals surface area contributed by atoms with Gasteiger partial charge in [-0.25, -0.2) is 0 Å². The summed E-state index contributed by atoms with van der Waals surface area (Å²) in [5.74, 6) is 0. The molecule has 0 aromatic carbocycles. The van der Waals surface area contributed by atoms with Crippen LogP contribution in [0.25, 0.3) is 0 Å². The third-order valence-electron chi connectivity index (χ3n) is 0. The first kappa shape index (κ1) is 15.8. The zero-order valence-electron chi connectivity index (χ0n) is 4.89. The normalized spacial score (nSPS) is 4.14. The molecule has 2 unspecified atom stereocenters. The van der Waals surface area contributed by atoms with Crippen molar-refractivity contribution >= 4 is 49.9 Å². The molecule has 2 atom stereocenters. The van der Waals surface area contributed by atoms with Crippen molar-refractivity contribution in [1.82, 2.24) is 0 Å². The van der Waals surface area contributed by atoms with Crippen LogP contribution in [0.1, 0.15) is 0 Å². The average molecular weight is 276 g/mol. The molecule has 2 nitrogen and oxygen atoms in total. The standard InChI is InChI=1S/CH3IS.O2.2H3P/c1-3-2;1-2;;/h1H3;;2*1H3/i;;1T;. The summed E-state index contributed by atoms with van der Waals surface area (Å²) in [6.07, 6.45) is 2.03. The third-order valence-corrected chi connectivity index (χ3v) is 0. The number of hydrogen-bond donors (Lipinski definition) is 0. The number of hydrogen-bond acceptors (Lipinski definition) is 3. The molecule has 0 N–H and O–H groups in total. The van der Waals surface area contributed by atoms with Crippen molar-refractivity contribution in [3.8, 4) is 0 Å². The molecule has 0 bridgehead atoms. The SMILES string of the molecule is CSI.O=O.P.[3H]P. The highest BCUT2D eigenvalue weighted by Gasteiger charge is 1.37. The van der Waals surface area contributed by atoms with Gasteiger partial charge in [-0.1, -0.05) is 8.93 Å². The number of rotatable bonds is 0. The smallest absolute Gasteiger partial charge is 0.0511 e. The first-order chi connectivity index (χ1) is 3.41. The largest absolute Gasteiger partial charge is 0.153 e. The molecular weight excluding hydrogens is 265 g/mol. The van der Waals surface area contributed by atoms with E-state index in [0.717, 1.165) is 0 Å². The van der Waals surface area contributed by atoms with Gasteiger partial charge in [-0.2, -0.15) is 19.7 Å². The molecule has 7 heavy (non-hydrogen) atoms. The molecule has 0 spiro atoms. The molecule has 0 rings (SSSR count). The van der Waals surface area contributed by atoms with Gasteiger partial charge in [0.1, 0.15) is 0 Å². The predicted octanol–water partition coefficient (Wildman–Crippen LogP) is 1.88. The molecule has 0 fully saturated rings. The van der Waals surface area contributed by atoms with Gasteiger partial charge in [-0.05, 0) is 27.5 Å². The Kier molecular flexibility index (Phi) is 113. The van der Waals surface area contributed by atoms with Gasteiger partial charge >= 0.3 is 0 Å².